The van der Waals surface area contributed by atoms with E-state index < -0.39 is 13.0 Å². The predicted molar refractivity (Wildman–Crippen MR) is 108 cm³/mol. The molecule has 0 aliphatic heterocycles. The van der Waals surface area contributed by atoms with Gasteiger partial charge in [-0.3, -0.25) is 9.69 Å². The minimum absolute atomic E-state index is 0.0343. The molecule has 0 amide bonds. The molecule has 0 radical (unpaired) electrons. The summed E-state index contributed by atoms with van der Waals surface area (Å²) in [6.07, 6.45) is 3.08. The van der Waals surface area contributed by atoms with E-state index in [1.54, 1.807) is 25.5 Å². The Hall–Kier alpha value is -2.32. The molecule has 0 aliphatic rings. The SMILES string of the molecule is C=C/C(Cl)=C(\N=CCC(C)N(C)Cc1c(C=O)ccnc1NC)OCC(F)F. The van der Waals surface area contributed by atoms with E-state index in [9.17, 15) is 13.6 Å². The predicted octanol–water partition coefficient (Wildman–Crippen LogP) is 4.09. The van der Waals surface area contributed by atoms with Crippen LogP contribution in [0.5, 0.6) is 0 Å². The minimum atomic E-state index is -2.63. The first-order chi connectivity index (χ1) is 13.3. The molecular formula is C19H25ClF2N4O2. The summed E-state index contributed by atoms with van der Waals surface area (Å²) in [7, 11) is 3.65. The first-order valence-electron chi connectivity index (χ1n) is 8.60. The second kappa shape index (κ2) is 12.2. The molecule has 0 saturated heterocycles. The minimum Gasteiger partial charge on any atom is -0.471 e. The number of rotatable bonds is 12. The molecule has 6 nitrogen and oxygen atoms in total. The van der Waals surface area contributed by atoms with Crippen LogP contribution >= 0.6 is 11.6 Å². The molecule has 0 aromatic carbocycles. The Labute approximate surface area is 168 Å². The first kappa shape index (κ1) is 23.7. The standard InChI is InChI=1S/C19H25ClF2N4O2/c1-5-16(20)19(28-12-17(21)22)25-8-6-13(2)26(4)10-15-14(11-27)7-9-24-18(15)23-3/h5,7-9,11,13,17H,1,6,10,12H2,2-4H3,(H,23,24)/b19-16-,25-8?. The maximum Gasteiger partial charge on any atom is 0.272 e. The molecular weight excluding hydrogens is 390 g/mol. The molecule has 0 aliphatic carbocycles. The highest BCUT2D eigenvalue weighted by atomic mass is 35.5. The smallest absolute Gasteiger partial charge is 0.272 e. The quantitative estimate of drug-likeness (QED) is 0.241. The fraction of sp³-hybridized carbons (Fsp3) is 0.421. The number of ether oxygens (including phenoxy) is 1. The first-order valence-corrected chi connectivity index (χ1v) is 8.98. The number of anilines is 1. The number of pyridine rings is 1. The van der Waals surface area contributed by atoms with Crippen LogP contribution in [-0.2, 0) is 11.3 Å². The lowest BCUT2D eigenvalue weighted by Crippen LogP contribution is -2.29. The van der Waals surface area contributed by atoms with E-state index in [2.05, 4.69) is 21.9 Å². The Bertz CT molecular complexity index is 726. The molecule has 1 aromatic heterocycles. The van der Waals surface area contributed by atoms with E-state index in [4.69, 9.17) is 16.3 Å². The van der Waals surface area contributed by atoms with E-state index in [0.29, 0.717) is 24.3 Å². The normalized spacial score (nSPS) is 13.6. The number of nitrogens with zero attached hydrogens (tertiary/aromatic N) is 3. The maximum absolute atomic E-state index is 12.3. The van der Waals surface area contributed by atoms with Crippen molar-refractivity contribution in [1.82, 2.24) is 9.88 Å². The molecule has 0 spiro atoms. The number of aromatic nitrogens is 1. The van der Waals surface area contributed by atoms with Crippen molar-refractivity contribution in [1.29, 1.82) is 0 Å². The third-order valence-corrected chi connectivity index (χ3v) is 4.32. The number of halogens is 3. The Balaban J connectivity index is 2.79. The Morgan fingerprint density at radius 1 is 1.54 bits per heavy atom. The molecule has 0 saturated carbocycles. The summed E-state index contributed by atoms with van der Waals surface area (Å²) in [5.41, 5.74) is 1.36. The maximum atomic E-state index is 12.3. The van der Waals surface area contributed by atoms with Crippen LogP contribution in [0.2, 0.25) is 0 Å². The average Bonchev–Trinajstić information content (AvgIpc) is 2.69. The van der Waals surface area contributed by atoms with Gasteiger partial charge in [-0.05, 0) is 32.5 Å². The summed E-state index contributed by atoms with van der Waals surface area (Å²) in [5.74, 6) is 0.542. The molecule has 1 rings (SSSR count). The van der Waals surface area contributed by atoms with Gasteiger partial charge in [-0.1, -0.05) is 18.2 Å². The van der Waals surface area contributed by atoms with Crippen molar-refractivity contribution in [2.24, 2.45) is 4.99 Å². The molecule has 28 heavy (non-hydrogen) atoms. The zero-order valence-electron chi connectivity index (χ0n) is 16.2. The van der Waals surface area contributed by atoms with E-state index in [1.165, 1.54) is 6.08 Å². The molecule has 1 aromatic rings. The van der Waals surface area contributed by atoms with E-state index in [0.717, 1.165) is 11.8 Å². The van der Waals surface area contributed by atoms with Gasteiger partial charge in [-0.15, -0.1) is 0 Å². The van der Waals surface area contributed by atoms with Crippen LogP contribution in [0, 0.1) is 0 Å². The van der Waals surface area contributed by atoms with Crippen LogP contribution < -0.4 is 5.32 Å². The number of carbonyl (C=O) groups is 1. The summed E-state index contributed by atoms with van der Waals surface area (Å²) in [6.45, 7) is 5.15. The highest BCUT2D eigenvalue weighted by Gasteiger charge is 2.15. The van der Waals surface area contributed by atoms with Crippen molar-refractivity contribution in [3.63, 3.8) is 0 Å². The van der Waals surface area contributed by atoms with E-state index >= 15 is 0 Å². The summed E-state index contributed by atoms with van der Waals surface area (Å²) in [6, 6.07) is 1.70. The fourth-order valence-corrected chi connectivity index (χ4v) is 2.37. The monoisotopic (exact) mass is 414 g/mol. The average molecular weight is 415 g/mol. The second-order valence-electron chi connectivity index (χ2n) is 5.97. The van der Waals surface area contributed by atoms with Crippen molar-refractivity contribution in [3.8, 4) is 0 Å². The summed E-state index contributed by atoms with van der Waals surface area (Å²) in [4.78, 5) is 21.6. The third-order valence-electron chi connectivity index (χ3n) is 4.00. The van der Waals surface area contributed by atoms with Crippen LogP contribution in [0.15, 0.2) is 40.8 Å². The largest absolute Gasteiger partial charge is 0.471 e. The van der Waals surface area contributed by atoms with E-state index in [-0.39, 0.29) is 17.0 Å². The van der Waals surface area contributed by atoms with Gasteiger partial charge in [0.05, 0.1) is 0 Å². The highest BCUT2D eigenvalue weighted by molar-refractivity contribution is 6.31. The van der Waals surface area contributed by atoms with Crippen molar-refractivity contribution in [2.75, 3.05) is 26.0 Å². The fourth-order valence-electron chi connectivity index (χ4n) is 2.27. The lowest BCUT2D eigenvalue weighted by atomic mass is 10.1. The van der Waals surface area contributed by atoms with Crippen LogP contribution in [0.3, 0.4) is 0 Å². The van der Waals surface area contributed by atoms with Gasteiger partial charge in [0.1, 0.15) is 10.9 Å². The third kappa shape index (κ3) is 7.36. The van der Waals surface area contributed by atoms with Crippen LogP contribution in [0.1, 0.15) is 29.3 Å². The van der Waals surface area contributed by atoms with Crippen molar-refractivity contribution in [2.45, 2.75) is 32.4 Å². The number of alkyl halides is 2. The van der Waals surface area contributed by atoms with Crippen molar-refractivity contribution >= 4 is 29.9 Å². The number of hydrogen-bond donors (Lipinski definition) is 1. The van der Waals surface area contributed by atoms with Gasteiger partial charge in [0, 0.05) is 43.2 Å². The van der Waals surface area contributed by atoms with Gasteiger partial charge in [0.25, 0.3) is 6.43 Å². The van der Waals surface area contributed by atoms with Crippen LogP contribution in [0.4, 0.5) is 14.6 Å². The van der Waals surface area contributed by atoms with Gasteiger partial charge in [-0.25, -0.2) is 18.8 Å². The Kier molecular flexibility index (Phi) is 10.3. The molecule has 0 fully saturated rings. The lowest BCUT2D eigenvalue weighted by molar-refractivity contribution is 0.0479. The second-order valence-corrected chi connectivity index (χ2v) is 6.37. The molecule has 9 heteroatoms. The van der Waals surface area contributed by atoms with Crippen molar-refractivity contribution in [3.05, 3.63) is 47.0 Å². The van der Waals surface area contributed by atoms with Crippen molar-refractivity contribution < 1.29 is 18.3 Å². The van der Waals surface area contributed by atoms with Gasteiger partial charge >= 0.3 is 0 Å². The number of aliphatic imine (C=N–C) groups is 1. The molecule has 0 bridgehead atoms. The van der Waals surface area contributed by atoms with Crippen LogP contribution in [-0.4, -0.2) is 55.6 Å². The number of hydrogen-bond acceptors (Lipinski definition) is 6. The summed E-state index contributed by atoms with van der Waals surface area (Å²) >= 11 is 5.89. The van der Waals surface area contributed by atoms with E-state index in [1.807, 2.05) is 18.9 Å². The molecule has 1 unspecified atom stereocenters. The van der Waals surface area contributed by atoms with Gasteiger partial charge in [0.2, 0.25) is 5.88 Å². The number of carbonyl (C=O) groups excluding carboxylic acids is 1. The molecule has 1 atom stereocenters. The topological polar surface area (TPSA) is 66.8 Å². The van der Waals surface area contributed by atoms with Gasteiger partial charge in [0.15, 0.2) is 12.9 Å². The summed E-state index contributed by atoms with van der Waals surface area (Å²) in [5, 5.41) is 3.04. The zero-order chi connectivity index (χ0) is 21.1. The zero-order valence-corrected chi connectivity index (χ0v) is 16.9. The Morgan fingerprint density at radius 3 is 2.82 bits per heavy atom. The number of allylic oxidation sites excluding steroid dienone is 2. The van der Waals surface area contributed by atoms with Gasteiger partial charge in [-0.2, -0.15) is 0 Å². The number of nitrogens with one attached hydrogen (secondary N) is 1. The molecule has 154 valence electrons. The molecule has 1 N–H and O–H groups in total. The Morgan fingerprint density at radius 2 is 2.25 bits per heavy atom. The summed E-state index contributed by atoms with van der Waals surface area (Å²) < 4.78 is 29.6. The number of aldehydes is 1. The van der Waals surface area contributed by atoms with Crippen LogP contribution in [0.25, 0.3) is 0 Å². The lowest BCUT2D eigenvalue weighted by Gasteiger charge is -2.25. The van der Waals surface area contributed by atoms with Gasteiger partial charge < -0.3 is 10.1 Å². The highest BCUT2D eigenvalue weighted by Crippen LogP contribution is 2.19. The molecule has 1 heterocycles.